The summed E-state index contributed by atoms with van der Waals surface area (Å²) in [5.41, 5.74) is 0. The summed E-state index contributed by atoms with van der Waals surface area (Å²) in [6.45, 7) is 4.05. The summed E-state index contributed by atoms with van der Waals surface area (Å²) >= 11 is 0. The first-order valence-corrected chi connectivity index (χ1v) is 21.8. The molecule has 0 amide bonds. The van der Waals surface area contributed by atoms with Gasteiger partial charge in [-0.25, -0.2) is 0 Å². The molecule has 0 heterocycles. The van der Waals surface area contributed by atoms with Crippen molar-refractivity contribution in [1.29, 1.82) is 0 Å². The van der Waals surface area contributed by atoms with Gasteiger partial charge in [-0.3, -0.25) is 14.2 Å². The zero-order chi connectivity index (χ0) is 38.6. The fourth-order valence-electron chi connectivity index (χ4n) is 5.17. The standard InChI is InChI=1S/C42H76NO8P/c1-6-8-10-12-14-16-18-20-21-23-25-27-29-31-33-35-42(45)51-40(39-50-52(46,47)49-37-36-43(3,4)5)38-48-41(44)34-32-30-28-26-24-22-19-17-15-13-11-9-7-2/h8,10,14,16,20-21,25,27,40H,6-7,9,11-13,15,17-19,22-24,26,28-39H2,1-5H3/b10-8+,16-14+,21-20+,27-25+/t40-/m1/s1. The molecule has 0 saturated heterocycles. The highest BCUT2D eigenvalue weighted by Gasteiger charge is 2.21. The Morgan fingerprint density at radius 3 is 1.63 bits per heavy atom. The van der Waals surface area contributed by atoms with E-state index in [0.717, 1.165) is 57.8 Å². The normalized spacial score (nSPS) is 14.2. The third kappa shape index (κ3) is 37.7. The maximum atomic E-state index is 12.6. The second-order valence-corrected chi connectivity index (χ2v) is 16.0. The number of esters is 2. The summed E-state index contributed by atoms with van der Waals surface area (Å²) in [4.78, 5) is 37.4. The van der Waals surface area contributed by atoms with Gasteiger partial charge >= 0.3 is 11.9 Å². The van der Waals surface area contributed by atoms with Crippen molar-refractivity contribution in [3.8, 4) is 0 Å². The highest BCUT2D eigenvalue weighted by Crippen LogP contribution is 2.38. The lowest BCUT2D eigenvalue weighted by Crippen LogP contribution is -2.37. The van der Waals surface area contributed by atoms with Gasteiger partial charge in [0.2, 0.25) is 0 Å². The van der Waals surface area contributed by atoms with Gasteiger partial charge in [0.15, 0.2) is 6.10 Å². The number of allylic oxidation sites excluding steroid dienone is 8. The third-order valence-electron chi connectivity index (χ3n) is 8.36. The number of phosphoric acid groups is 1. The van der Waals surface area contributed by atoms with Crippen molar-refractivity contribution >= 4 is 19.8 Å². The van der Waals surface area contributed by atoms with E-state index in [1.54, 1.807) is 0 Å². The first kappa shape index (κ1) is 50.0. The molecule has 0 saturated carbocycles. The number of quaternary nitrogens is 1. The number of phosphoric ester groups is 1. The zero-order valence-corrected chi connectivity index (χ0v) is 34.6. The van der Waals surface area contributed by atoms with Crippen LogP contribution in [0.4, 0.5) is 0 Å². The Balaban J connectivity index is 4.49. The topological polar surface area (TPSA) is 111 Å². The van der Waals surface area contributed by atoms with Crippen LogP contribution in [0.15, 0.2) is 48.6 Å². The molecule has 0 N–H and O–H groups in total. The van der Waals surface area contributed by atoms with Crippen molar-refractivity contribution in [2.75, 3.05) is 47.5 Å². The maximum Gasteiger partial charge on any atom is 0.306 e. The van der Waals surface area contributed by atoms with Gasteiger partial charge < -0.3 is 27.9 Å². The average Bonchev–Trinajstić information content (AvgIpc) is 3.09. The molecule has 0 spiro atoms. The van der Waals surface area contributed by atoms with Gasteiger partial charge in [0.05, 0.1) is 27.7 Å². The van der Waals surface area contributed by atoms with Crippen LogP contribution >= 0.6 is 7.82 Å². The summed E-state index contributed by atoms with van der Waals surface area (Å²) in [5.74, 6) is -0.885. The molecule has 0 bridgehead atoms. The third-order valence-corrected chi connectivity index (χ3v) is 9.33. The van der Waals surface area contributed by atoms with E-state index < -0.39 is 32.5 Å². The number of rotatable bonds is 36. The van der Waals surface area contributed by atoms with E-state index in [0.29, 0.717) is 17.4 Å². The molecule has 0 aliphatic rings. The molecular formula is C42H76NO8P. The summed E-state index contributed by atoms with van der Waals surface area (Å²) < 4.78 is 33.8. The summed E-state index contributed by atoms with van der Waals surface area (Å²) in [7, 11) is 1.13. The van der Waals surface area contributed by atoms with Crippen LogP contribution in [0.3, 0.4) is 0 Å². The number of hydrogen-bond acceptors (Lipinski definition) is 8. The Morgan fingerprint density at radius 1 is 0.615 bits per heavy atom. The zero-order valence-electron chi connectivity index (χ0n) is 33.7. The van der Waals surface area contributed by atoms with Crippen LogP contribution in [0.5, 0.6) is 0 Å². The van der Waals surface area contributed by atoms with Crippen LogP contribution in [-0.2, 0) is 32.7 Å². The van der Waals surface area contributed by atoms with Gasteiger partial charge in [-0.15, -0.1) is 0 Å². The largest absolute Gasteiger partial charge is 0.756 e. The predicted octanol–water partition coefficient (Wildman–Crippen LogP) is 10.5. The minimum Gasteiger partial charge on any atom is -0.756 e. The molecule has 2 atom stereocenters. The second kappa shape index (κ2) is 34.7. The van der Waals surface area contributed by atoms with Gasteiger partial charge in [-0.2, -0.15) is 0 Å². The minimum atomic E-state index is -4.63. The van der Waals surface area contributed by atoms with Crippen molar-refractivity contribution in [2.45, 2.75) is 161 Å². The quantitative estimate of drug-likeness (QED) is 0.0204. The molecule has 0 fully saturated rings. The lowest BCUT2D eigenvalue weighted by Gasteiger charge is -2.28. The molecule has 0 aromatic carbocycles. The van der Waals surface area contributed by atoms with Crippen LogP contribution in [0.2, 0.25) is 0 Å². The molecule has 0 rings (SSSR count). The van der Waals surface area contributed by atoms with Crippen LogP contribution in [0.25, 0.3) is 0 Å². The van der Waals surface area contributed by atoms with Gasteiger partial charge in [-0.1, -0.05) is 140 Å². The van der Waals surface area contributed by atoms with Crippen molar-refractivity contribution < 1.29 is 42.1 Å². The Hall–Kier alpha value is -2.03. The monoisotopic (exact) mass is 754 g/mol. The van der Waals surface area contributed by atoms with E-state index in [-0.39, 0.29) is 26.1 Å². The van der Waals surface area contributed by atoms with E-state index in [4.69, 9.17) is 18.5 Å². The average molecular weight is 754 g/mol. The number of ether oxygens (including phenoxy) is 2. The molecule has 302 valence electrons. The molecular weight excluding hydrogens is 677 g/mol. The highest BCUT2D eigenvalue weighted by atomic mass is 31.2. The van der Waals surface area contributed by atoms with Gasteiger partial charge in [-0.05, 0) is 51.4 Å². The van der Waals surface area contributed by atoms with E-state index in [1.807, 2.05) is 21.1 Å². The Morgan fingerprint density at radius 2 is 1.10 bits per heavy atom. The Kier molecular flexibility index (Phi) is 33.4. The molecule has 1 unspecified atom stereocenters. The fourth-order valence-corrected chi connectivity index (χ4v) is 5.90. The van der Waals surface area contributed by atoms with Crippen molar-refractivity contribution in [3.05, 3.63) is 48.6 Å². The smallest absolute Gasteiger partial charge is 0.306 e. The molecule has 0 aliphatic heterocycles. The Labute approximate surface area is 318 Å². The maximum absolute atomic E-state index is 12.6. The van der Waals surface area contributed by atoms with Crippen molar-refractivity contribution in [1.82, 2.24) is 0 Å². The lowest BCUT2D eigenvalue weighted by atomic mass is 10.0. The number of likely N-dealkylation sites (N-methyl/N-ethyl adjacent to an activating group) is 1. The number of nitrogens with zero attached hydrogens (tertiary/aromatic N) is 1. The summed E-state index contributed by atoms with van der Waals surface area (Å²) in [6, 6.07) is 0. The van der Waals surface area contributed by atoms with Gasteiger partial charge in [0.1, 0.15) is 19.8 Å². The number of carbonyl (C=O) groups excluding carboxylic acids is 2. The van der Waals surface area contributed by atoms with Crippen LogP contribution in [-0.4, -0.2) is 70.0 Å². The molecule has 10 heteroatoms. The SMILES string of the molecule is CC/C=C/C/C=C/C/C=C/C/C=C/CCCCC(=O)O[C@H](COC(=O)CCCCCCCCCCCCCCC)COP(=O)([O-])OCC[N+](C)(C)C. The van der Waals surface area contributed by atoms with Crippen LogP contribution < -0.4 is 4.89 Å². The van der Waals surface area contributed by atoms with Gasteiger partial charge in [0, 0.05) is 12.8 Å². The van der Waals surface area contributed by atoms with E-state index in [1.165, 1.54) is 64.2 Å². The van der Waals surface area contributed by atoms with E-state index in [9.17, 15) is 19.0 Å². The first-order chi connectivity index (χ1) is 25.0. The van der Waals surface area contributed by atoms with Crippen LogP contribution in [0.1, 0.15) is 155 Å². The van der Waals surface area contributed by atoms with Crippen molar-refractivity contribution in [3.63, 3.8) is 0 Å². The molecule has 0 radical (unpaired) electrons. The van der Waals surface area contributed by atoms with Crippen LogP contribution in [0, 0.1) is 0 Å². The van der Waals surface area contributed by atoms with E-state index in [2.05, 4.69) is 62.5 Å². The minimum absolute atomic E-state index is 0.0396. The number of hydrogen-bond donors (Lipinski definition) is 0. The summed E-state index contributed by atoms with van der Waals surface area (Å²) in [6.07, 6.45) is 38.5. The fraction of sp³-hybridized carbons (Fsp3) is 0.762. The number of carbonyl (C=O) groups is 2. The predicted molar refractivity (Wildman–Crippen MR) is 213 cm³/mol. The molecule has 0 aromatic heterocycles. The molecule has 0 aromatic rings. The summed E-state index contributed by atoms with van der Waals surface area (Å²) in [5, 5.41) is 0. The van der Waals surface area contributed by atoms with E-state index >= 15 is 0 Å². The first-order valence-electron chi connectivity index (χ1n) is 20.3. The van der Waals surface area contributed by atoms with Gasteiger partial charge in [0.25, 0.3) is 7.82 Å². The molecule has 52 heavy (non-hydrogen) atoms. The van der Waals surface area contributed by atoms with Crippen molar-refractivity contribution in [2.24, 2.45) is 0 Å². The number of unbranched alkanes of at least 4 members (excludes halogenated alkanes) is 14. The second-order valence-electron chi connectivity index (χ2n) is 14.6. The lowest BCUT2D eigenvalue weighted by molar-refractivity contribution is -0.870. The molecule has 9 nitrogen and oxygen atoms in total. The highest BCUT2D eigenvalue weighted by molar-refractivity contribution is 7.45. The Bertz CT molecular complexity index is 1030. The molecule has 0 aliphatic carbocycles.